The smallest absolute Gasteiger partial charge is 0.266 e. The van der Waals surface area contributed by atoms with Crippen molar-refractivity contribution in [2.75, 3.05) is 0 Å². The second-order valence-corrected chi connectivity index (χ2v) is 5.75. The van der Waals surface area contributed by atoms with Crippen molar-refractivity contribution in [2.24, 2.45) is 5.10 Å². The number of rotatable bonds is 4. The standard InChI is InChI=1S/C17H14N4OS/c1-12-15(23-17(20-12)13-7-3-2-4-8-13)16(22)21-19-11-14-9-5-6-10-18-14/h2-11H,1H3,(H,21,22)/b19-11+. The van der Waals surface area contributed by atoms with Gasteiger partial charge in [0.15, 0.2) is 0 Å². The Morgan fingerprint density at radius 1 is 1.17 bits per heavy atom. The fraction of sp³-hybridized carbons (Fsp3) is 0.0588. The van der Waals surface area contributed by atoms with Crippen molar-refractivity contribution >= 4 is 23.5 Å². The lowest BCUT2D eigenvalue weighted by Crippen LogP contribution is -2.17. The Morgan fingerprint density at radius 3 is 2.70 bits per heavy atom. The molecule has 0 spiro atoms. The number of nitrogens with one attached hydrogen (secondary N) is 1. The fourth-order valence-electron chi connectivity index (χ4n) is 1.97. The number of thiazole rings is 1. The van der Waals surface area contributed by atoms with E-state index < -0.39 is 0 Å². The van der Waals surface area contributed by atoms with Crippen LogP contribution in [-0.2, 0) is 0 Å². The van der Waals surface area contributed by atoms with Crippen LogP contribution in [0.3, 0.4) is 0 Å². The highest BCUT2D eigenvalue weighted by Gasteiger charge is 2.15. The van der Waals surface area contributed by atoms with Gasteiger partial charge in [-0.1, -0.05) is 36.4 Å². The lowest BCUT2D eigenvalue weighted by Gasteiger charge is -1.96. The summed E-state index contributed by atoms with van der Waals surface area (Å²) in [7, 11) is 0. The van der Waals surface area contributed by atoms with E-state index in [1.54, 1.807) is 12.3 Å². The summed E-state index contributed by atoms with van der Waals surface area (Å²) < 4.78 is 0. The first-order valence-corrected chi connectivity index (χ1v) is 7.83. The minimum Gasteiger partial charge on any atom is -0.266 e. The second-order valence-electron chi connectivity index (χ2n) is 4.75. The Labute approximate surface area is 137 Å². The van der Waals surface area contributed by atoms with Crippen molar-refractivity contribution < 1.29 is 4.79 Å². The fourth-order valence-corrected chi connectivity index (χ4v) is 2.93. The van der Waals surface area contributed by atoms with E-state index in [2.05, 4.69) is 20.5 Å². The Morgan fingerprint density at radius 2 is 1.96 bits per heavy atom. The van der Waals surface area contributed by atoms with Crippen molar-refractivity contribution in [1.29, 1.82) is 0 Å². The molecule has 1 N–H and O–H groups in total. The third-order valence-electron chi connectivity index (χ3n) is 3.07. The Bertz CT molecular complexity index is 828. The molecule has 0 radical (unpaired) electrons. The lowest BCUT2D eigenvalue weighted by atomic mass is 10.2. The van der Waals surface area contributed by atoms with Gasteiger partial charge in [-0.2, -0.15) is 5.10 Å². The van der Waals surface area contributed by atoms with Gasteiger partial charge in [-0.25, -0.2) is 10.4 Å². The summed E-state index contributed by atoms with van der Waals surface area (Å²) in [5.74, 6) is -0.269. The molecular weight excluding hydrogens is 308 g/mol. The number of hydrogen-bond acceptors (Lipinski definition) is 5. The maximum absolute atomic E-state index is 12.2. The van der Waals surface area contributed by atoms with Gasteiger partial charge in [0, 0.05) is 11.8 Å². The molecule has 0 fully saturated rings. The lowest BCUT2D eigenvalue weighted by molar-refractivity contribution is 0.0958. The average molecular weight is 322 g/mol. The van der Waals surface area contributed by atoms with E-state index in [0.717, 1.165) is 10.6 Å². The minimum absolute atomic E-state index is 0.269. The van der Waals surface area contributed by atoms with Crippen LogP contribution in [0.5, 0.6) is 0 Å². The van der Waals surface area contributed by atoms with E-state index in [1.165, 1.54) is 17.6 Å². The van der Waals surface area contributed by atoms with Gasteiger partial charge in [0.25, 0.3) is 5.91 Å². The SMILES string of the molecule is Cc1nc(-c2ccccc2)sc1C(=O)N/N=C/c1ccccn1. The van der Waals surface area contributed by atoms with Crippen LogP contribution in [-0.4, -0.2) is 22.1 Å². The summed E-state index contributed by atoms with van der Waals surface area (Å²) in [6.45, 7) is 1.82. The van der Waals surface area contributed by atoms with Gasteiger partial charge in [-0.3, -0.25) is 9.78 Å². The molecule has 0 unspecified atom stereocenters. The van der Waals surface area contributed by atoms with Crippen molar-refractivity contribution in [3.8, 4) is 10.6 Å². The number of aromatic nitrogens is 2. The van der Waals surface area contributed by atoms with Gasteiger partial charge in [-0.15, -0.1) is 11.3 Å². The van der Waals surface area contributed by atoms with Crippen molar-refractivity contribution in [1.82, 2.24) is 15.4 Å². The van der Waals surface area contributed by atoms with Crippen molar-refractivity contribution in [3.63, 3.8) is 0 Å². The molecule has 0 saturated carbocycles. The van der Waals surface area contributed by atoms with Crippen LogP contribution in [0.4, 0.5) is 0 Å². The summed E-state index contributed by atoms with van der Waals surface area (Å²) in [5.41, 5.74) is 4.88. The molecule has 0 aliphatic rings. The molecule has 2 heterocycles. The molecule has 1 aromatic carbocycles. The summed E-state index contributed by atoms with van der Waals surface area (Å²) >= 11 is 1.35. The maximum atomic E-state index is 12.2. The predicted octanol–water partition coefficient (Wildman–Crippen LogP) is 3.28. The zero-order valence-corrected chi connectivity index (χ0v) is 13.2. The average Bonchev–Trinajstić information content (AvgIpc) is 2.98. The van der Waals surface area contributed by atoms with Gasteiger partial charge in [0.1, 0.15) is 9.88 Å². The first-order valence-electron chi connectivity index (χ1n) is 7.01. The van der Waals surface area contributed by atoms with E-state index in [-0.39, 0.29) is 5.91 Å². The second kappa shape index (κ2) is 6.93. The highest BCUT2D eigenvalue weighted by atomic mass is 32.1. The molecular formula is C17H14N4OS. The van der Waals surface area contributed by atoms with Crippen LogP contribution in [0.1, 0.15) is 21.1 Å². The van der Waals surface area contributed by atoms with Gasteiger partial charge in [-0.05, 0) is 19.1 Å². The monoisotopic (exact) mass is 322 g/mol. The Hall–Kier alpha value is -2.86. The van der Waals surface area contributed by atoms with Crippen LogP contribution < -0.4 is 5.43 Å². The highest BCUT2D eigenvalue weighted by Crippen LogP contribution is 2.27. The number of carbonyl (C=O) groups is 1. The van der Waals surface area contributed by atoms with Crippen LogP contribution in [0.25, 0.3) is 10.6 Å². The minimum atomic E-state index is -0.269. The predicted molar refractivity (Wildman–Crippen MR) is 91.6 cm³/mol. The van der Waals surface area contributed by atoms with E-state index in [0.29, 0.717) is 16.3 Å². The number of nitrogens with zero attached hydrogens (tertiary/aromatic N) is 3. The van der Waals surface area contributed by atoms with Gasteiger partial charge < -0.3 is 0 Å². The third-order valence-corrected chi connectivity index (χ3v) is 4.28. The zero-order chi connectivity index (χ0) is 16.1. The summed E-state index contributed by atoms with van der Waals surface area (Å²) in [5, 5.41) is 4.75. The summed E-state index contributed by atoms with van der Waals surface area (Å²) in [4.78, 5) is 21.3. The van der Waals surface area contributed by atoms with E-state index >= 15 is 0 Å². The van der Waals surface area contributed by atoms with E-state index in [1.807, 2.05) is 49.4 Å². The van der Waals surface area contributed by atoms with E-state index in [4.69, 9.17) is 0 Å². The van der Waals surface area contributed by atoms with Crippen LogP contribution in [0, 0.1) is 6.92 Å². The van der Waals surface area contributed by atoms with Gasteiger partial charge >= 0.3 is 0 Å². The molecule has 0 aliphatic heterocycles. The molecule has 0 saturated heterocycles. The molecule has 0 bridgehead atoms. The summed E-state index contributed by atoms with van der Waals surface area (Å²) in [6, 6.07) is 15.3. The zero-order valence-electron chi connectivity index (χ0n) is 12.4. The number of aryl methyl sites for hydroxylation is 1. The molecule has 0 aliphatic carbocycles. The van der Waals surface area contributed by atoms with Crippen LogP contribution >= 0.6 is 11.3 Å². The third kappa shape index (κ3) is 3.67. The molecule has 23 heavy (non-hydrogen) atoms. The number of pyridine rings is 1. The number of hydrogen-bond donors (Lipinski definition) is 1. The molecule has 3 rings (SSSR count). The number of hydrazone groups is 1. The topological polar surface area (TPSA) is 67.2 Å². The van der Waals surface area contributed by atoms with Crippen LogP contribution in [0.2, 0.25) is 0 Å². The molecule has 6 heteroatoms. The largest absolute Gasteiger partial charge is 0.283 e. The first kappa shape index (κ1) is 15.1. The molecule has 5 nitrogen and oxygen atoms in total. The molecule has 114 valence electrons. The van der Waals surface area contributed by atoms with Gasteiger partial charge in [0.2, 0.25) is 0 Å². The molecule has 3 aromatic rings. The first-order chi connectivity index (χ1) is 11.2. The Balaban J connectivity index is 1.73. The number of amides is 1. The molecule has 2 aromatic heterocycles. The van der Waals surface area contributed by atoms with Gasteiger partial charge in [0.05, 0.1) is 17.6 Å². The normalized spacial score (nSPS) is 10.8. The Kier molecular flexibility index (Phi) is 4.54. The maximum Gasteiger partial charge on any atom is 0.283 e. The number of carbonyl (C=O) groups excluding carboxylic acids is 1. The van der Waals surface area contributed by atoms with E-state index in [9.17, 15) is 4.79 Å². The quantitative estimate of drug-likeness (QED) is 0.592. The summed E-state index contributed by atoms with van der Waals surface area (Å²) in [6.07, 6.45) is 3.18. The van der Waals surface area contributed by atoms with Crippen molar-refractivity contribution in [2.45, 2.75) is 6.92 Å². The highest BCUT2D eigenvalue weighted by molar-refractivity contribution is 7.17. The molecule has 1 amide bonds. The van der Waals surface area contributed by atoms with Crippen molar-refractivity contribution in [3.05, 3.63) is 71.0 Å². The number of benzene rings is 1. The van der Waals surface area contributed by atoms with Crippen LogP contribution in [0.15, 0.2) is 59.8 Å². The molecule has 0 atom stereocenters.